The smallest absolute Gasteiger partial charge is 0.748 e. The summed E-state index contributed by atoms with van der Waals surface area (Å²) in [4.78, 5) is 0. The Balaban J connectivity index is 0.00000576. The third-order valence-corrected chi connectivity index (χ3v) is 5.94. The molecule has 1 saturated carbocycles. The summed E-state index contributed by atoms with van der Waals surface area (Å²) in [5, 5.41) is 0. The second-order valence-electron chi connectivity index (χ2n) is 7.39. The van der Waals surface area contributed by atoms with Gasteiger partial charge in [-0.25, -0.2) is 8.42 Å². The zero-order chi connectivity index (χ0) is 17.7. The van der Waals surface area contributed by atoms with Crippen molar-refractivity contribution in [3.63, 3.8) is 0 Å². The van der Waals surface area contributed by atoms with Crippen molar-refractivity contribution in [1.29, 1.82) is 0 Å². The molecule has 0 bridgehead atoms. The molecule has 0 N–H and O–H groups in total. The second-order valence-corrected chi connectivity index (χ2v) is 8.92. The first kappa shape index (κ1) is 25.9. The van der Waals surface area contributed by atoms with Gasteiger partial charge >= 0.3 is 29.6 Å². The molecule has 0 atom stereocenters. The molecule has 0 radical (unpaired) electrons. The molecule has 0 saturated heterocycles. The van der Waals surface area contributed by atoms with Crippen LogP contribution in [0.4, 0.5) is 0 Å². The standard InChI is InChI=1S/C19H38O4S.Na/c1-2-3-4-5-6-7-8-11-18-12-14-19(15-13-18)23-16-9-10-17-24(20,21)22;/h18-19H,2-17H2,1H3,(H,20,21,22);/q;+1/p-1. The Morgan fingerprint density at radius 1 is 0.880 bits per heavy atom. The summed E-state index contributed by atoms with van der Waals surface area (Å²) in [6, 6.07) is 0. The molecule has 6 heteroatoms. The quantitative estimate of drug-likeness (QED) is 0.261. The molecule has 1 rings (SSSR count). The van der Waals surface area contributed by atoms with Crippen LogP contribution < -0.4 is 29.6 Å². The van der Waals surface area contributed by atoms with Gasteiger partial charge < -0.3 is 9.29 Å². The molecular weight excluding hydrogens is 347 g/mol. The normalized spacial score (nSPS) is 21.0. The average Bonchev–Trinajstić information content (AvgIpc) is 2.54. The number of unbranched alkanes of at least 4 members (excludes halogenated alkanes) is 7. The van der Waals surface area contributed by atoms with E-state index in [4.69, 9.17) is 4.74 Å². The van der Waals surface area contributed by atoms with Gasteiger partial charge in [0.25, 0.3) is 0 Å². The molecule has 0 amide bonds. The molecule has 1 aliphatic rings. The van der Waals surface area contributed by atoms with Crippen LogP contribution in [0, 0.1) is 5.92 Å². The zero-order valence-electron chi connectivity index (χ0n) is 16.5. The predicted molar refractivity (Wildman–Crippen MR) is 98.1 cm³/mol. The molecule has 0 aromatic rings. The van der Waals surface area contributed by atoms with Gasteiger partial charge in [-0.2, -0.15) is 0 Å². The van der Waals surface area contributed by atoms with Crippen LogP contribution in [-0.2, 0) is 14.9 Å². The minimum atomic E-state index is -4.06. The summed E-state index contributed by atoms with van der Waals surface area (Å²) < 4.78 is 37.4. The Morgan fingerprint density at radius 2 is 1.48 bits per heavy atom. The van der Waals surface area contributed by atoms with E-state index in [-0.39, 0.29) is 35.3 Å². The molecule has 0 aromatic heterocycles. The molecule has 0 aliphatic heterocycles. The van der Waals surface area contributed by atoms with E-state index in [0.29, 0.717) is 25.6 Å². The average molecular weight is 385 g/mol. The first-order valence-electron chi connectivity index (χ1n) is 10.1. The van der Waals surface area contributed by atoms with Crippen molar-refractivity contribution in [2.24, 2.45) is 5.92 Å². The molecule has 1 fully saturated rings. The van der Waals surface area contributed by atoms with Crippen LogP contribution in [0.2, 0.25) is 0 Å². The maximum Gasteiger partial charge on any atom is 1.00 e. The van der Waals surface area contributed by atoms with Crippen molar-refractivity contribution in [2.75, 3.05) is 12.4 Å². The maximum absolute atomic E-state index is 10.5. The van der Waals surface area contributed by atoms with Crippen LogP contribution in [0.5, 0.6) is 0 Å². The zero-order valence-corrected chi connectivity index (χ0v) is 19.3. The van der Waals surface area contributed by atoms with Gasteiger partial charge in [0.15, 0.2) is 0 Å². The van der Waals surface area contributed by atoms with Gasteiger partial charge in [0.1, 0.15) is 0 Å². The van der Waals surface area contributed by atoms with E-state index in [2.05, 4.69) is 6.92 Å². The van der Waals surface area contributed by atoms with Crippen molar-refractivity contribution >= 4 is 10.1 Å². The van der Waals surface area contributed by atoms with Crippen LogP contribution in [-0.4, -0.2) is 31.4 Å². The Labute approximate surface area is 177 Å². The van der Waals surface area contributed by atoms with E-state index >= 15 is 0 Å². The number of hydrogen-bond donors (Lipinski definition) is 0. The summed E-state index contributed by atoms with van der Waals surface area (Å²) in [6.07, 6.45) is 17.3. The predicted octanol–water partition coefficient (Wildman–Crippen LogP) is 2.03. The molecule has 1 aliphatic carbocycles. The van der Waals surface area contributed by atoms with Gasteiger partial charge in [0, 0.05) is 12.4 Å². The van der Waals surface area contributed by atoms with Crippen molar-refractivity contribution in [2.45, 2.75) is 103 Å². The Kier molecular flexibility index (Phi) is 16.4. The molecular formula is C19H37NaO4S. The maximum atomic E-state index is 10.5. The van der Waals surface area contributed by atoms with E-state index in [9.17, 15) is 13.0 Å². The summed E-state index contributed by atoms with van der Waals surface area (Å²) in [7, 11) is -4.06. The Morgan fingerprint density at radius 3 is 2.08 bits per heavy atom. The molecule has 0 spiro atoms. The van der Waals surface area contributed by atoms with Crippen LogP contribution in [0.15, 0.2) is 0 Å². The fraction of sp³-hybridized carbons (Fsp3) is 1.00. The minimum Gasteiger partial charge on any atom is -0.748 e. The van der Waals surface area contributed by atoms with Gasteiger partial charge in [0.05, 0.1) is 16.2 Å². The SMILES string of the molecule is CCCCCCCCCC1CCC(OCCCCS(=O)(=O)[O-])CC1.[Na+]. The van der Waals surface area contributed by atoms with E-state index < -0.39 is 10.1 Å². The summed E-state index contributed by atoms with van der Waals surface area (Å²) in [5.41, 5.74) is 0. The topological polar surface area (TPSA) is 66.4 Å². The largest absolute Gasteiger partial charge is 1.00 e. The van der Waals surface area contributed by atoms with Crippen LogP contribution >= 0.6 is 0 Å². The molecule has 144 valence electrons. The second kappa shape index (κ2) is 15.9. The van der Waals surface area contributed by atoms with E-state index in [1.807, 2.05) is 0 Å². The molecule has 25 heavy (non-hydrogen) atoms. The summed E-state index contributed by atoms with van der Waals surface area (Å²) in [6.45, 7) is 2.85. The first-order valence-corrected chi connectivity index (χ1v) is 11.6. The fourth-order valence-electron chi connectivity index (χ4n) is 3.61. The third-order valence-electron chi connectivity index (χ3n) is 5.15. The third kappa shape index (κ3) is 15.6. The van der Waals surface area contributed by atoms with E-state index in [0.717, 1.165) is 18.8 Å². The monoisotopic (exact) mass is 384 g/mol. The molecule has 0 unspecified atom stereocenters. The van der Waals surface area contributed by atoms with Gasteiger partial charge in [-0.05, 0) is 44.4 Å². The van der Waals surface area contributed by atoms with Gasteiger partial charge in [-0.1, -0.05) is 58.3 Å². The van der Waals surface area contributed by atoms with Gasteiger partial charge in [0.2, 0.25) is 0 Å². The van der Waals surface area contributed by atoms with Crippen LogP contribution in [0.3, 0.4) is 0 Å². The van der Waals surface area contributed by atoms with E-state index in [1.165, 1.54) is 64.2 Å². The molecule has 0 heterocycles. The van der Waals surface area contributed by atoms with Gasteiger partial charge in [-0.15, -0.1) is 0 Å². The van der Waals surface area contributed by atoms with Crippen molar-refractivity contribution in [3.8, 4) is 0 Å². The van der Waals surface area contributed by atoms with Crippen molar-refractivity contribution in [3.05, 3.63) is 0 Å². The minimum absolute atomic E-state index is 0. The molecule has 4 nitrogen and oxygen atoms in total. The van der Waals surface area contributed by atoms with Crippen LogP contribution in [0.25, 0.3) is 0 Å². The van der Waals surface area contributed by atoms with E-state index in [1.54, 1.807) is 0 Å². The van der Waals surface area contributed by atoms with Crippen molar-refractivity contribution in [1.82, 2.24) is 0 Å². The van der Waals surface area contributed by atoms with Crippen LogP contribution in [0.1, 0.15) is 96.8 Å². The fourth-order valence-corrected chi connectivity index (χ4v) is 4.17. The number of hydrogen-bond acceptors (Lipinski definition) is 4. The van der Waals surface area contributed by atoms with Crippen molar-refractivity contribution < 1.29 is 47.3 Å². The first-order chi connectivity index (χ1) is 11.5. The number of rotatable bonds is 14. The Bertz CT molecular complexity index is 392. The van der Waals surface area contributed by atoms with Gasteiger partial charge in [-0.3, -0.25) is 0 Å². The summed E-state index contributed by atoms with van der Waals surface area (Å²) >= 11 is 0. The summed E-state index contributed by atoms with van der Waals surface area (Å²) in [5.74, 6) is 0.618. The number of ether oxygens (including phenoxy) is 1. The molecule has 0 aromatic carbocycles. The Hall–Kier alpha value is 0.870.